The Morgan fingerprint density at radius 2 is 2.29 bits per heavy atom. The van der Waals surface area contributed by atoms with Crippen molar-refractivity contribution in [2.45, 2.75) is 6.42 Å². The highest BCUT2D eigenvalue weighted by Crippen LogP contribution is 2.14. The first-order valence-electron chi connectivity index (χ1n) is 3.88. The zero-order valence-corrected chi connectivity index (χ0v) is 8.01. The summed E-state index contributed by atoms with van der Waals surface area (Å²) in [5.41, 5.74) is 1.10. The van der Waals surface area contributed by atoms with Gasteiger partial charge in [-0.15, -0.1) is 0 Å². The molecule has 0 amide bonds. The second-order valence-electron chi connectivity index (χ2n) is 2.49. The molecule has 2 nitrogen and oxygen atoms in total. The van der Waals surface area contributed by atoms with Gasteiger partial charge in [0, 0.05) is 11.1 Å². The molecule has 1 aromatic rings. The third kappa shape index (κ3) is 2.62. The molecule has 0 N–H and O–H groups in total. The summed E-state index contributed by atoms with van der Waals surface area (Å²) in [6, 6.07) is 6.83. The van der Waals surface area contributed by atoms with E-state index in [-0.39, 0.29) is 6.42 Å². The van der Waals surface area contributed by atoms with E-state index in [1.54, 1.807) is 18.2 Å². The van der Waals surface area contributed by atoms with E-state index in [1.807, 2.05) is 6.07 Å². The number of carbonyl (C=O) groups is 1. The fourth-order valence-electron chi connectivity index (χ4n) is 0.898. The highest BCUT2D eigenvalue weighted by molar-refractivity contribution is 6.32. The molecule has 0 bridgehead atoms. The van der Waals surface area contributed by atoms with Crippen molar-refractivity contribution in [3.8, 4) is 17.9 Å². The molecule has 0 heterocycles. The van der Waals surface area contributed by atoms with Crippen LogP contribution in [-0.4, -0.2) is 6.29 Å². The maximum absolute atomic E-state index is 10.5. The van der Waals surface area contributed by atoms with Gasteiger partial charge in [0.05, 0.1) is 17.5 Å². The minimum Gasteiger partial charge on any atom is -0.298 e. The van der Waals surface area contributed by atoms with Crippen molar-refractivity contribution in [1.82, 2.24) is 0 Å². The Morgan fingerprint density at radius 3 is 2.93 bits per heavy atom. The van der Waals surface area contributed by atoms with Crippen molar-refractivity contribution in [2.24, 2.45) is 0 Å². The summed E-state index contributed by atoms with van der Waals surface area (Å²) in [6.45, 7) is 0. The van der Waals surface area contributed by atoms with Crippen molar-refractivity contribution < 1.29 is 4.79 Å². The molecule has 0 saturated heterocycles. The fourth-order valence-corrected chi connectivity index (χ4v) is 1.06. The van der Waals surface area contributed by atoms with E-state index in [2.05, 4.69) is 11.8 Å². The Kier molecular flexibility index (Phi) is 3.73. The van der Waals surface area contributed by atoms with Crippen LogP contribution in [0, 0.1) is 23.2 Å². The molecule has 0 spiro atoms. The van der Waals surface area contributed by atoms with Gasteiger partial charge in [-0.3, -0.25) is 4.79 Å². The maximum Gasteiger partial charge on any atom is 0.151 e. The molecule has 0 aliphatic rings. The van der Waals surface area contributed by atoms with Crippen LogP contribution in [0.1, 0.15) is 22.3 Å². The minimum atomic E-state index is 0.180. The zero-order chi connectivity index (χ0) is 10.4. The van der Waals surface area contributed by atoms with Gasteiger partial charge in [-0.2, -0.15) is 5.26 Å². The van der Waals surface area contributed by atoms with E-state index in [1.165, 1.54) is 0 Å². The summed E-state index contributed by atoms with van der Waals surface area (Å²) >= 11 is 5.73. The van der Waals surface area contributed by atoms with Crippen molar-refractivity contribution in [3.63, 3.8) is 0 Å². The molecular weight excluding hydrogens is 198 g/mol. The number of nitriles is 1. The molecule has 0 aromatic heterocycles. The van der Waals surface area contributed by atoms with Crippen LogP contribution in [0.25, 0.3) is 0 Å². The summed E-state index contributed by atoms with van der Waals surface area (Å²) < 4.78 is 0. The highest BCUT2D eigenvalue weighted by atomic mass is 35.5. The molecule has 0 unspecified atom stereocenters. The summed E-state index contributed by atoms with van der Waals surface area (Å²) in [5.74, 6) is 5.41. The van der Waals surface area contributed by atoms with Crippen molar-refractivity contribution in [3.05, 3.63) is 34.3 Å². The molecule has 0 aliphatic heterocycles. The summed E-state index contributed by atoms with van der Waals surface area (Å²) in [6.07, 6.45) is 0.858. The predicted octanol–water partition coefficient (Wildman–Crippen LogP) is 2.42. The SMILES string of the molecule is N#CCC#Cc1ccc(Cl)c(C=O)c1. The van der Waals surface area contributed by atoms with Gasteiger partial charge in [0.1, 0.15) is 0 Å². The van der Waals surface area contributed by atoms with Crippen LogP contribution in [0.2, 0.25) is 5.02 Å². The minimum absolute atomic E-state index is 0.180. The monoisotopic (exact) mass is 203 g/mol. The predicted molar refractivity (Wildman–Crippen MR) is 53.9 cm³/mol. The largest absolute Gasteiger partial charge is 0.298 e. The van der Waals surface area contributed by atoms with E-state index >= 15 is 0 Å². The Bertz CT molecular complexity index is 449. The van der Waals surface area contributed by atoms with Crippen LogP contribution in [0.5, 0.6) is 0 Å². The summed E-state index contributed by atoms with van der Waals surface area (Å²) in [4.78, 5) is 10.5. The maximum atomic E-state index is 10.5. The van der Waals surface area contributed by atoms with E-state index < -0.39 is 0 Å². The van der Waals surface area contributed by atoms with Gasteiger partial charge < -0.3 is 0 Å². The van der Waals surface area contributed by atoms with Crippen LogP contribution in [-0.2, 0) is 0 Å². The van der Waals surface area contributed by atoms with Gasteiger partial charge in [-0.1, -0.05) is 23.4 Å². The molecule has 1 rings (SSSR count). The molecule has 0 aliphatic carbocycles. The molecular formula is C11H6ClNO. The number of benzene rings is 1. The number of halogens is 1. The Balaban J connectivity index is 2.98. The topological polar surface area (TPSA) is 40.9 Å². The van der Waals surface area contributed by atoms with Crippen LogP contribution < -0.4 is 0 Å². The zero-order valence-electron chi connectivity index (χ0n) is 7.25. The fraction of sp³-hybridized carbons (Fsp3) is 0.0909. The first kappa shape index (κ1) is 10.3. The lowest BCUT2D eigenvalue weighted by Gasteiger charge is -1.95. The van der Waals surface area contributed by atoms with Crippen molar-refractivity contribution in [2.75, 3.05) is 0 Å². The average molecular weight is 204 g/mol. The molecule has 0 fully saturated rings. The standard InChI is InChI=1S/C11H6ClNO/c12-11-5-4-9(3-1-2-6-13)7-10(11)8-14/h4-5,7-8H,2H2. The highest BCUT2D eigenvalue weighted by Gasteiger charge is 1.98. The molecule has 3 heteroatoms. The first-order valence-corrected chi connectivity index (χ1v) is 4.26. The molecule has 1 aromatic carbocycles. The number of hydrogen-bond donors (Lipinski definition) is 0. The van der Waals surface area contributed by atoms with E-state index in [9.17, 15) is 4.79 Å². The van der Waals surface area contributed by atoms with Gasteiger partial charge in [-0.25, -0.2) is 0 Å². The second kappa shape index (κ2) is 5.07. The molecule has 68 valence electrons. The van der Waals surface area contributed by atoms with Crippen LogP contribution in [0.4, 0.5) is 0 Å². The van der Waals surface area contributed by atoms with E-state index in [0.717, 1.165) is 0 Å². The number of hydrogen-bond acceptors (Lipinski definition) is 2. The van der Waals surface area contributed by atoms with Gasteiger partial charge in [0.2, 0.25) is 0 Å². The number of rotatable bonds is 1. The average Bonchev–Trinajstić information content (AvgIpc) is 2.21. The van der Waals surface area contributed by atoms with Gasteiger partial charge in [0.25, 0.3) is 0 Å². The lowest BCUT2D eigenvalue weighted by atomic mass is 10.1. The molecule has 14 heavy (non-hydrogen) atoms. The van der Waals surface area contributed by atoms with Crippen LogP contribution in [0.3, 0.4) is 0 Å². The van der Waals surface area contributed by atoms with Gasteiger partial charge >= 0.3 is 0 Å². The van der Waals surface area contributed by atoms with Gasteiger partial charge in [0.15, 0.2) is 6.29 Å². The lowest BCUT2D eigenvalue weighted by Crippen LogP contribution is -1.83. The summed E-state index contributed by atoms with van der Waals surface area (Å²) in [7, 11) is 0. The molecule has 0 saturated carbocycles. The van der Waals surface area contributed by atoms with E-state index in [4.69, 9.17) is 16.9 Å². The summed E-state index contributed by atoms with van der Waals surface area (Å²) in [5, 5.41) is 8.67. The Hall–Kier alpha value is -1.77. The van der Waals surface area contributed by atoms with Crippen LogP contribution in [0.15, 0.2) is 18.2 Å². The van der Waals surface area contributed by atoms with Crippen LogP contribution >= 0.6 is 11.6 Å². The number of nitrogens with zero attached hydrogens (tertiary/aromatic N) is 1. The van der Waals surface area contributed by atoms with Crippen molar-refractivity contribution >= 4 is 17.9 Å². The smallest absolute Gasteiger partial charge is 0.151 e. The number of carbonyl (C=O) groups excluding carboxylic acids is 1. The normalized spacial score (nSPS) is 8.29. The first-order chi connectivity index (χ1) is 6.77. The lowest BCUT2D eigenvalue weighted by molar-refractivity contribution is 0.112. The Morgan fingerprint density at radius 1 is 1.50 bits per heavy atom. The Labute approximate surface area is 87.1 Å². The van der Waals surface area contributed by atoms with Crippen molar-refractivity contribution in [1.29, 1.82) is 5.26 Å². The van der Waals surface area contributed by atoms with Gasteiger partial charge in [-0.05, 0) is 18.2 Å². The number of aldehydes is 1. The third-order valence-corrected chi connectivity index (χ3v) is 1.87. The second-order valence-corrected chi connectivity index (χ2v) is 2.90. The third-order valence-electron chi connectivity index (χ3n) is 1.52. The van der Waals surface area contributed by atoms with E-state index in [0.29, 0.717) is 22.4 Å². The molecule has 0 radical (unpaired) electrons. The quantitative estimate of drug-likeness (QED) is 0.520. The molecule has 0 atom stereocenters.